The normalized spacial score (nSPS) is 11.6. The van der Waals surface area contributed by atoms with E-state index in [0.29, 0.717) is 28.0 Å². The van der Waals surface area contributed by atoms with E-state index >= 15 is 0 Å². The Labute approximate surface area is 215 Å². The molecule has 3 aromatic carbocycles. The van der Waals surface area contributed by atoms with Crippen LogP contribution in [0.4, 0.5) is 0 Å². The van der Waals surface area contributed by atoms with Gasteiger partial charge in [0.15, 0.2) is 0 Å². The van der Waals surface area contributed by atoms with Gasteiger partial charge in [-0.1, -0.05) is 90.3 Å². The molecule has 4 nitrogen and oxygen atoms in total. The summed E-state index contributed by atoms with van der Waals surface area (Å²) in [4.78, 5) is 28.6. The molecular weight excluding hydrogens is 491 g/mol. The minimum absolute atomic E-state index is 0.0871. The molecule has 1 N–H and O–H groups in total. The second-order valence-electron chi connectivity index (χ2n) is 8.07. The second-order valence-corrected chi connectivity index (χ2v) is 9.32. The van der Waals surface area contributed by atoms with Crippen LogP contribution in [0.1, 0.15) is 30.0 Å². The van der Waals surface area contributed by atoms with Gasteiger partial charge in [-0.2, -0.15) is 0 Å². The first-order chi connectivity index (χ1) is 16.4. The molecule has 2 amide bonds. The maximum atomic E-state index is 13.6. The predicted molar refractivity (Wildman–Crippen MR) is 139 cm³/mol. The first-order valence-electron chi connectivity index (χ1n) is 11.2. The summed E-state index contributed by atoms with van der Waals surface area (Å²) in [7, 11) is 0. The molecule has 0 aliphatic heterocycles. The molecule has 178 valence electrons. The van der Waals surface area contributed by atoms with Gasteiger partial charge in [0.2, 0.25) is 11.8 Å². The monoisotopic (exact) mass is 516 g/mol. The highest BCUT2D eigenvalue weighted by Gasteiger charge is 2.30. The fourth-order valence-electron chi connectivity index (χ4n) is 3.68. The number of nitrogens with one attached hydrogen (secondary N) is 1. The van der Waals surface area contributed by atoms with Crippen molar-refractivity contribution in [3.05, 3.63) is 105 Å². The van der Waals surface area contributed by atoms with Crippen molar-refractivity contribution in [2.45, 2.75) is 38.8 Å². The largest absolute Gasteiger partial charge is 0.354 e. The summed E-state index contributed by atoms with van der Waals surface area (Å²) in [6.45, 7) is 2.78. The van der Waals surface area contributed by atoms with Crippen LogP contribution < -0.4 is 5.32 Å². The van der Waals surface area contributed by atoms with E-state index < -0.39 is 6.04 Å². The van der Waals surface area contributed by atoms with E-state index in [0.717, 1.165) is 23.1 Å². The van der Waals surface area contributed by atoms with E-state index in [9.17, 15) is 9.59 Å². The predicted octanol–water partition coefficient (Wildman–Crippen LogP) is 6.36. The summed E-state index contributed by atoms with van der Waals surface area (Å²) < 4.78 is 0. The van der Waals surface area contributed by atoms with Crippen LogP contribution in [0.2, 0.25) is 15.1 Å². The lowest BCUT2D eigenvalue weighted by Crippen LogP contribution is -2.51. The highest BCUT2D eigenvalue weighted by atomic mass is 35.5. The first-order valence-corrected chi connectivity index (χ1v) is 12.3. The van der Waals surface area contributed by atoms with Crippen LogP contribution in [0.5, 0.6) is 0 Å². The van der Waals surface area contributed by atoms with Crippen molar-refractivity contribution >= 4 is 46.6 Å². The first kappa shape index (κ1) is 26.1. The number of amides is 2. The van der Waals surface area contributed by atoms with Crippen LogP contribution in [0.15, 0.2) is 72.8 Å². The number of carbonyl (C=O) groups excluding carboxylic acids is 2. The summed E-state index contributed by atoms with van der Waals surface area (Å²) in [5, 5.41) is 4.35. The maximum absolute atomic E-state index is 13.6. The van der Waals surface area contributed by atoms with Gasteiger partial charge in [0.25, 0.3) is 0 Å². The standard InChI is InChI=1S/C27H27Cl3N2O2/c1-2-13-31-27(34)25(16-19-7-4-3-5-8-19)32(18-21-9-6-10-22(28)14-21)26(33)17-20-11-12-23(29)24(30)15-20/h3-12,14-15,25H,2,13,16-18H2,1H3,(H,31,34)/t25-/m1/s1. The van der Waals surface area contributed by atoms with Crippen LogP contribution in [0.25, 0.3) is 0 Å². The molecule has 0 heterocycles. The highest BCUT2D eigenvalue weighted by molar-refractivity contribution is 6.42. The molecule has 7 heteroatoms. The molecule has 0 saturated carbocycles. The average molecular weight is 518 g/mol. The molecule has 0 fully saturated rings. The van der Waals surface area contributed by atoms with Crippen LogP contribution in [0.3, 0.4) is 0 Å². The number of hydrogen-bond donors (Lipinski definition) is 1. The minimum atomic E-state index is -0.691. The van der Waals surface area contributed by atoms with Crippen molar-refractivity contribution in [3.8, 4) is 0 Å². The van der Waals surface area contributed by atoms with E-state index in [2.05, 4.69) is 5.32 Å². The molecule has 0 spiro atoms. The number of hydrogen-bond acceptors (Lipinski definition) is 2. The van der Waals surface area contributed by atoms with Crippen molar-refractivity contribution in [3.63, 3.8) is 0 Å². The van der Waals surface area contributed by atoms with E-state index in [1.54, 1.807) is 29.2 Å². The zero-order valence-electron chi connectivity index (χ0n) is 18.9. The molecule has 0 aliphatic carbocycles. The Hall–Kier alpha value is -2.53. The number of halogens is 3. The molecule has 0 unspecified atom stereocenters. The van der Waals surface area contributed by atoms with Crippen molar-refractivity contribution in [2.24, 2.45) is 0 Å². The Balaban J connectivity index is 1.96. The maximum Gasteiger partial charge on any atom is 0.243 e. The SMILES string of the molecule is CCCNC(=O)[C@@H](Cc1ccccc1)N(Cc1cccc(Cl)c1)C(=O)Cc1ccc(Cl)c(Cl)c1. The second kappa shape index (κ2) is 12.8. The number of rotatable bonds is 10. The van der Waals surface area contributed by atoms with Gasteiger partial charge in [0, 0.05) is 24.5 Å². The van der Waals surface area contributed by atoms with Gasteiger partial charge in [-0.05, 0) is 47.4 Å². The molecule has 0 radical (unpaired) electrons. The van der Waals surface area contributed by atoms with E-state index in [-0.39, 0.29) is 24.8 Å². The lowest BCUT2D eigenvalue weighted by Gasteiger charge is -2.32. The van der Waals surface area contributed by atoms with E-state index in [1.807, 2.05) is 55.5 Å². The van der Waals surface area contributed by atoms with Gasteiger partial charge in [-0.15, -0.1) is 0 Å². The van der Waals surface area contributed by atoms with Crippen LogP contribution in [-0.2, 0) is 29.0 Å². The number of carbonyl (C=O) groups is 2. The third kappa shape index (κ3) is 7.49. The third-order valence-corrected chi connectivity index (χ3v) is 6.38. The Bertz CT molecular complexity index is 1120. The van der Waals surface area contributed by atoms with Gasteiger partial charge >= 0.3 is 0 Å². The van der Waals surface area contributed by atoms with Crippen LogP contribution >= 0.6 is 34.8 Å². The van der Waals surface area contributed by atoms with Gasteiger partial charge < -0.3 is 10.2 Å². The number of benzene rings is 3. The Morgan fingerprint density at radius 3 is 2.26 bits per heavy atom. The Morgan fingerprint density at radius 2 is 1.59 bits per heavy atom. The summed E-state index contributed by atoms with van der Waals surface area (Å²) >= 11 is 18.4. The molecule has 1 atom stereocenters. The summed E-state index contributed by atoms with van der Waals surface area (Å²) in [5.41, 5.74) is 2.54. The molecular formula is C27H27Cl3N2O2. The summed E-state index contributed by atoms with van der Waals surface area (Å²) in [5.74, 6) is -0.374. The van der Waals surface area contributed by atoms with Crippen molar-refractivity contribution in [1.29, 1.82) is 0 Å². The fourth-order valence-corrected chi connectivity index (χ4v) is 4.21. The van der Waals surface area contributed by atoms with Gasteiger partial charge in [0.05, 0.1) is 16.5 Å². The molecule has 0 saturated heterocycles. The van der Waals surface area contributed by atoms with Gasteiger partial charge in [-0.3, -0.25) is 9.59 Å². The minimum Gasteiger partial charge on any atom is -0.354 e. The quantitative estimate of drug-likeness (QED) is 0.340. The number of nitrogens with zero attached hydrogens (tertiary/aromatic N) is 1. The molecule has 0 aliphatic rings. The average Bonchev–Trinajstić information content (AvgIpc) is 2.82. The zero-order valence-corrected chi connectivity index (χ0v) is 21.2. The van der Waals surface area contributed by atoms with Crippen LogP contribution in [0, 0.1) is 0 Å². The molecule has 0 bridgehead atoms. The van der Waals surface area contributed by atoms with E-state index in [1.165, 1.54) is 0 Å². The highest BCUT2D eigenvalue weighted by Crippen LogP contribution is 2.24. The van der Waals surface area contributed by atoms with Crippen molar-refractivity contribution < 1.29 is 9.59 Å². The molecule has 3 aromatic rings. The van der Waals surface area contributed by atoms with Crippen molar-refractivity contribution in [2.75, 3.05) is 6.54 Å². The summed E-state index contributed by atoms with van der Waals surface area (Å²) in [6.07, 6.45) is 1.28. The molecule has 0 aromatic heterocycles. The zero-order chi connectivity index (χ0) is 24.5. The van der Waals surface area contributed by atoms with E-state index in [4.69, 9.17) is 34.8 Å². The Morgan fingerprint density at radius 1 is 0.853 bits per heavy atom. The molecule has 34 heavy (non-hydrogen) atoms. The molecule has 3 rings (SSSR count). The van der Waals surface area contributed by atoms with Crippen LogP contribution in [-0.4, -0.2) is 29.3 Å². The Kier molecular flexibility index (Phi) is 9.82. The lowest BCUT2D eigenvalue weighted by molar-refractivity contribution is -0.140. The smallest absolute Gasteiger partial charge is 0.243 e. The van der Waals surface area contributed by atoms with Gasteiger partial charge in [0.1, 0.15) is 6.04 Å². The third-order valence-electron chi connectivity index (χ3n) is 5.40. The van der Waals surface area contributed by atoms with Gasteiger partial charge in [-0.25, -0.2) is 0 Å². The fraction of sp³-hybridized carbons (Fsp3) is 0.259. The topological polar surface area (TPSA) is 49.4 Å². The van der Waals surface area contributed by atoms with Crippen molar-refractivity contribution in [1.82, 2.24) is 10.2 Å². The summed E-state index contributed by atoms with van der Waals surface area (Å²) in [6, 6.07) is 21.5. The lowest BCUT2D eigenvalue weighted by atomic mass is 10.0.